The fourth-order valence-electron chi connectivity index (χ4n) is 0.138. The summed E-state index contributed by atoms with van der Waals surface area (Å²) in [6.07, 6.45) is 0. The molecule has 1 atom stereocenters. The second-order valence-corrected chi connectivity index (χ2v) is 2.40. The van der Waals surface area contributed by atoms with Gasteiger partial charge in [0.05, 0.1) is 0 Å². The Balaban J connectivity index is 4.09. The molecule has 0 rings (SSSR count). The Morgan fingerprint density at radius 2 is 2.44 bits per heavy atom. The summed E-state index contributed by atoms with van der Waals surface area (Å²) in [6, 6.07) is 0. The minimum absolute atomic E-state index is 0.159. The van der Waals surface area contributed by atoms with Gasteiger partial charge in [-0.2, -0.15) is 12.6 Å². The second-order valence-electron chi connectivity index (χ2n) is 1.89. The zero-order valence-electron chi connectivity index (χ0n) is 4.89. The standard InChI is InChI=1S/C4H8ClNO2S/c1-4(2-9,6-5)3(7)8/h6,9H,2H2,1H3,(H,7,8). The molecule has 2 N–H and O–H groups in total. The van der Waals surface area contributed by atoms with Crippen LogP contribution >= 0.6 is 24.4 Å². The van der Waals surface area contributed by atoms with Crippen LogP contribution in [0.25, 0.3) is 0 Å². The molecule has 3 nitrogen and oxygen atoms in total. The molecule has 5 heteroatoms. The smallest absolute Gasteiger partial charge is 0.325 e. The number of aliphatic carboxylic acids is 1. The normalized spacial score (nSPS) is 16.8. The summed E-state index contributed by atoms with van der Waals surface area (Å²) >= 11 is 8.92. The van der Waals surface area contributed by atoms with Crippen LogP contribution in [0.4, 0.5) is 0 Å². The van der Waals surface area contributed by atoms with Crippen molar-refractivity contribution < 1.29 is 9.90 Å². The second kappa shape index (κ2) is 3.29. The summed E-state index contributed by atoms with van der Waals surface area (Å²) in [5, 5.41) is 8.44. The Morgan fingerprint density at radius 1 is 2.00 bits per heavy atom. The fourth-order valence-corrected chi connectivity index (χ4v) is 0.593. The van der Waals surface area contributed by atoms with Gasteiger partial charge in [0.15, 0.2) is 0 Å². The largest absolute Gasteiger partial charge is 0.480 e. The molecule has 0 aromatic rings. The van der Waals surface area contributed by atoms with Gasteiger partial charge in [0.2, 0.25) is 0 Å². The first-order valence-electron chi connectivity index (χ1n) is 2.29. The highest BCUT2D eigenvalue weighted by atomic mass is 35.5. The van der Waals surface area contributed by atoms with Crippen LogP contribution in [0, 0.1) is 0 Å². The highest BCUT2D eigenvalue weighted by Gasteiger charge is 2.30. The molecular formula is C4H8ClNO2S. The van der Waals surface area contributed by atoms with E-state index in [9.17, 15) is 4.79 Å². The van der Waals surface area contributed by atoms with Crippen LogP contribution in [-0.2, 0) is 4.79 Å². The Labute approximate surface area is 63.9 Å². The van der Waals surface area contributed by atoms with Crippen LogP contribution in [0.1, 0.15) is 6.92 Å². The van der Waals surface area contributed by atoms with Gasteiger partial charge in [-0.15, -0.1) is 0 Å². The lowest BCUT2D eigenvalue weighted by molar-refractivity contribution is -0.142. The first-order chi connectivity index (χ1) is 4.06. The molecule has 0 aliphatic carbocycles. The molecule has 0 heterocycles. The van der Waals surface area contributed by atoms with Crippen LogP contribution in [0.15, 0.2) is 0 Å². The van der Waals surface area contributed by atoms with Crippen LogP contribution in [0.3, 0.4) is 0 Å². The van der Waals surface area contributed by atoms with E-state index in [4.69, 9.17) is 16.9 Å². The van der Waals surface area contributed by atoms with Crippen molar-refractivity contribution >= 4 is 30.4 Å². The topological polar surface area (TPSA) is 49.3 Å². The van der Waals surface area contributed by atoms with Gasteiger partial charge < -0.3 is 5.11 Å². The molecule has 0 bridgehead atoms. The molecule has 0 spiro atoms. The van der Waals surface area contributed by atoms with Gasteiger partial charge in [-0.1, -0.05) is 0 Å². The van der Waals surface area contributed by atoms with Crippen molar-refractivity contribution in [1.82, 2.24) is 4.84 Å². The lowest BCUT2D eigenvalue weighted by atomic mass is 10.1. The number of hydrogen-bond donors (Lipinski definition) is 3. The van der Waals surface area contributed by atoms with Crippen LogP contribution in [-0.4, -0.2) is 22.4 Å². The molecule has 1 unspecified atom stereocenters. The third-order valence-corrected chi connectivity index (χ3v) is 2.05. The quantitative estimate of drug-likeness (QED) is 0.426. The molecule has 0 saturated heterocycles. The number of carboxylic acids is 1. The number of carbonyl (C=O) groups is 1. The molecular weight excluding hydrogens is 162 g/mol. The maximum absolute atomic E-state index is 10.3. The number of carboxylic acid groups (broad SMARTS) is 1. The minimum atomic E-state index is -1.12. The van der Waals surface area contributed by atoms with Crippen molar-refractivity contribution in [2.75, 3.05) is 5.75 Å². The summed E-state index contributed by atoms with van der Waals surface area (Å²) in [7, 11) is 0. The van der Waals surface area contributed by atoms with Crippen molar-refractivity contribution in [3.8, 4) is 0 Å². The van der Waals surface area contributed by atoms with Crippen LogP contribution in [0.2, 0.25) is 0 Å². The molecule has 0 aliphatic rings. The lowest BCUT2D eigenvalue weighted by Gasteiger charge is -2.18. The van der Waals surface area contributed by atoms with Gasteiger partial charge in [-0.25, -0.2) is 4.84 Å². The highest BCUT2D eigenvalue weighted by Crippen LogP contribution is 2.06. The molecule has 0 fully saturated rings. The van der Waals surface area contributed by atoms with E-state index in [0.717, 1.165) is 0 Å². The molecule has 0 radical (unpaired) electrons. The van der Waals surface area contributed by atoms with Crippen molar-refractivity contribution in [3.63, 3.8) is 0 Å². The average Bonchev–Trinajstić information content (AvgIpc) is 1.86. The van der Waals surface area contributed by atoms with Crippen LogP contribution < -0.4 is 4.84 Å². The first-order valence-corrected chi connectivity index (χ1v) is 3.30. The highest BCUT2D eigenvalue weighted by molar-refractivity contribution is 7.80. The zero-order chi connectivity index (χ0) is 7.49. The predicted molar refractivity (Wildman–Crippen MR) is 38.9 cm³/mol. The maximum atomic E-state index is 10.3. The first kappa shape index (κ1) is 9.07. The van der Waals surface area contributed by atoms with Crippen LogP contribution in [0.5, 0.6) is 0 Å². The van der Waals surface area contributed by atoms with Crippen molar-refractivity contribution in [1.29, 1.82) is 0 Å². The Hall–Kier alpha value is 0.0700. The molecule has 54 valence electrons. The van der Waals surface area contributed by atoms with Gasteiger partial charge in [0.25, 0.3) is 0 Å². The van der Waals surface area contributed by atoms with Crippen molar-refractivity contribution in [2.24, 2.45) is 0 Å². The number of hydrogen-bond acceptors (Lipinski definition) is 3. The lowest BCUT2D eigenvalue weighted by Crippen LogP contribution is -2.46. The maximum Gasteiger partial charge on any atom is 0.325 e. The van der Waals surface area contributed by atoms with Crippen molar-refractivity contribution in [3.05, 3.63) is 0 Å². The van der Waals surface area contributed by atoms with E-state index in [2.05, 4.69) is 17.5 Å². The molecule has 0 aromatic carbocycles. The van der Waals surface area contributed by atoms with Gasteiger partial charge in [0, 0.05) is 5.75 Å². The van der Waals surface area contributed by atoms with E-state index in [0.29, 0.717) is 0 Å². The van der Waals surface area contributed by atoms with E-state index < -0.39 is 11.5 Å². The third kappa shape index (κ3) is 2.04. The van der Waals surface area contributed by atoms with Crippen molar-refractivity contribution in [2.45, 2.75) is 12.5 Å². The third-order valence-electron chi connectivity index (χ3n) is 0.997. The molecule has 0 amide bonds. The Kier molecular flexibility index (Phi) is 3.32. The molecule has 0 saturated carbocycles. The van der Waals surface area contributed by atoms with E-state index in [-0.39, 0.29) is 5.75 Å². The SMILES string of the molecule is CC(CS)(NCl)C(=O)O. The summed E-state index contributed by atoms with van der Waals surface area (Å²) in [6.45, 7) is 1.45. The molecule has 0 aromatic heterocycles. The molecule has 0 aliphatic heterocycles. The Bertz CT molecular complexity index is 115. The number of nitrogens with one attached hydrogen (secondary N) is 1. The number of rotatable bonds is 3. The summed E-state index contributed by atoms with van der Waals surface area (Å²) in [5.41, 5.74) is -1.12. The fraction of sp³-hybridized carbons (Fsp3) is 0.750. The van der Waals surface area contributed by atoms with Gasteiger partial charge >= 0.3 is 5.97 Å². The van der Waals surface area contributed by atoms with Gasteiger partial charge in [0.1, 0.15) is 5.54 Å². The van der Waals surface area contributed by atoms with E-state index in [1.54, 1.807) is 0 Å². The molecule has 9 heavy (non-hydrogen) atoms. The number of halogens is 1. The number of thiol groups is 1. The summed E-state index contributed by atoms with van der Waals surface area (Å²) in [4.78, 5) is 12.4. The zero-order valence-corrected chi connectivity index (χ0v) is 6.54. The average molecular weight is 170 g/mol. The predicted octanol–water partition coefficient (Wildman–Crippen LogP) is 0.503. The minimum Gasteiger partial charge on any atom is -0.480 e. The van der Waals surface area contributed by atoms with E-state index in [1.165, 1.54) is 6.92 Å². The van der Waals surface area contributed by atoms with Gasteiger partial charge in [-0.05, 0) is 18.7 Å². The van der Waals surface area contributed by atoms with E-state index >= 15 is 0 Å². The van der Waals surface area contributed by atoms with Gasteiger partial charge in [-0.3, -0.25) is 4.79 Å². The summed E-state index contributed by atoms with van der Waals surface area (Å²) in [5.74, 6) is -0.848. The van der Waals surface area contributed by atoms with E-state index in [1.807, 2.05) is 0 Å². The summed E-state index contributed by atoms with van der Waals surface area (Å²) < 4.78 is 0. The monoisotopic (exact) mass is 169 g/mol. The Morgan fingerprint density at radius 3 is 2.44 bits per heavy atom.